The van der Waals surface area contributed by atoms with E-state index in [1.54, 1.807) is 12.1 Å². The van der Waals surface area contributed by atoms with Gasteiger partial charge in [-0.05, 0) is 24.3 Å². The lowest BCUT2D eigenvalue weighted by atomic mass is 10.1. The molecule has 0 heterocycles. The highest BCUT2D eigenvalue weighted by Gasteiger charge is 2.13. The van der Waals surface area contributed by atoms with Crippen LogP contribution in [0.25, 0.3) is 0 Å². The number of carbonyl (C=O) groups excluding carboxylic acids is 2. The molecule has 0 saturated carbocycles. The smallest absolute Gasteiger partial charge is 0.186 e. The second-order valence-electron chi connectivity index (χ2n) is 2.53. The van der Waals surface area contributed by atoms with Gasteiger partial charge in [-0.3, -0.25) is 4.79 Å². The van der Waals surface area contributed by atoms with Crippen molar-refractivity contribution < 1.29 is 9.59 Å². The van der Waals surface area contributed by atoms with E-state index in [9.17, 15) is 9.59 Å². The highest BCUT2D eigenvalue weighted by atomic mass is 35.5. The van der Waals surface area contributed by atoms with Gasteiger partial charge in [-0.15, -0.1) is 0 Å². The van der Waals surface area contributed by atoms with Crippen molar-refractivity contribution in [2.45, 2.75) is 6.04 Å². The summed E-state index contributed by atoms with van der Waals surface area (Å²) in [6.07, 6.45) is 0.414. The average molecular weight is 198 g/mol. The summed E-state index contributed by atoms with van der Waals surface area (Å²) in [7, 11) is 0. The second-order valence-corrected chi connectivity index (χ2v) is 2.97. The lowest BCUT2D eigenvalue weighted by Gasteiger charge is -2.02. The monoisotopic (exact) mass is 197 g/mol. The van der Waals surface area contributed by atoms with Crippen LogP contribution in [0.1, 0.15) is 10.4 Å². The molecule has 0 unspecified atom stereocenters. The molecule has 0 saturated heterocycles. The van der Waals surface area contributed by atoms with E-state index >= 15 is 0 Å². The molecule has 0 amide bonds. The molecular weight excluding hydrogens is 190 g/mol. The van der Waals surface area contributed by atoms with Gasteiger partial charge in [0.2, 0.25) is 0 Å². The molecule has 0 radical (unpaired) electrons. The Morgan fingerprint density at radius 2 is 1.92 bits per heavy atom. The maximum Gasteiger partial charge on any atom is 0.186 e. The maximum absolute atomic E-state index is 11.3. The molecule has 1 aromatic carbocycles. The van der Waals surface area contributed by atoms with Gasteiger partial charge in [0.1, 0.15) is 12.3 Å². The van der Waals surface area contributed by atoms with Crippen molar-refractivity contribution in [3.8, 4) is 0 Å². The zero-order valence-electron chi connectivity index (χ0n) is 6.74. The van der Waals surface area contributed by atoms with E-state index in [4.69, 9.17) is 17.3 Å². The van der Waals surface area contributed by atoms with Gasteiger partial charge in [0.15, 0.2) is 5.78 Å². The first-order valence-corrected chi connectivity index (χ1v) is 4.03. The first-order chi connectivity index (χ1) is 6.15. The summed E-state index contributed by atoms with van der Waals surface area (Å²) in [5, 5.41) is 0.538. The summed E-state index contributed by atoms with van der Waals surface area (Å²) in [6.45, 7) is 0. The number of halogens is 1. The van der Waals surface area contributed by atoms with Gasteiger partial charge < -0.3 is 10.5 Å². The largest absolute Gasteiger partial charge is 0.315 e. The van der Waals surface area contributed by atoms with Crippen LogP contribution in [0.2, 0.25) is 5.02 Å². The van der Waals surface area contributed by atoms with Crippen molar-refractivity contribution in [1.82, 2.24) is 0 Å². The number of carbonyl (C=O) groups is 2. The van der Waals surface area contributed by atoms with Gasteiger partial charge in [0, 0.05) is 10.6 Å². The van der Waals surface area contributed by atoms with Gasteiger partial charge >= 0.3 is 0 Å². The molecule has 1 rings (SSSR count). The Kier molecular flexibility index (Phi) is 3.17. The number of aldehydes is 1. The number of nitrogens with two attached hydrogens (primary N) is 1. The Bertz CT molecular complexity index is 321. The summed E-state index contributed by atoms with van der Waals surface area (Å²) in [5.74, 6) is -0.397. The van der Waals surface area contributed by atoms with E-state index in [1.807, 2.05) is 0 Å². The van der Waals surface area contributed by atoms with Crippen LogP contribution in [0.3, 0.4) is 0 Å². The van der Waals surface area contributed by atoms with E-state index in [2.05, 4.69) is 0 Å². The fraction of sp³-hybridized carbons (Fsp3) is 0.111. The highest BCUT2D eigenvalue weighted by molar-refractivity contribution is 6.30. The normalized spacial score (nSPS) is 12.2. The minimum absolute atomic E-state index is 0.393. The predicted molar refractivity (Wildman–Crippen MR) is 49.8 cm³/mol. The van der Waals surface area contributed by atoms with Gasteiger partial charge in [0.05, 0.1) is 0 Å². The quantitative estimate of drug-likeness (QED) is 0.448. The molecule has 4 heteroatoms. The number of benzene rings is 1. The first kappa shape index (κ1) is 9.89. The van der Waals surface area contributed by atoms with Crippen molar-refractivity contribution in [1.29, 1.82) is 0 Å². The Labute approximate surface area is 80.5 Å². The molecule has 0 aliphatic rings. The average Bonchev–Trinajstić information content (AvgIpc) is 2.17. The summed E-state index contributed by atoms with van der Waals surface area (Å²) in [5.41, 5.74) is 5.63. The summed E-state index contributed by atoms with van der Waals surface area (Å²) < 4.78 is 0. The van der Waals surface area contributed by atoms with E-state index < -0.39 is 11.8 Å². The number of Topliss-reactive ketones (excluding diaryl/α,β-unsaturated/α-hetero) is 1. The van der Waals surface area contributed by atoms with Crippen LogP contribution in [0.4, 0.5) is 0 Å². The van der Waals surface area contributed by atoms with Gasteiger partial charge in [-0.25, -0.2) is 0 Å². The molecule has 3 nitrogen and oxygen atoms in total. The summed E-state index contributed by atoms with van der Waals surface area (Å²) in [6, 6.07) is 5.14. The molecular formula is C9H8ClNO2. The van der Waals surface area contributed by atoms with E-state index in [0.29, 0.717) is 16.9 Å². The third kappa shape index (κ3) is 2.37. The summed E-state index contributed by atoms with van der Waals surface area (Å²) in [4.78, 5) is 21.5. The molecule has 1 atom stereocenters. The number of hydrogen-bond donors (Lipinski definition) is 1. The van der Waals surface area contributed by atoms with Crippen molar-refractivity contribution in [3.63, 3.8) is 0 Å². The Morgan fingerprint density at radius 3 is 2.38 bits per heavy atom. The summed E-state index contributed by atoms with van der Waals surface area (Å²) >= 11 is 5.62. The second kappa shape index (κ2) is 4.16. The number of hydrogen-bond acceptors (Lipinski definition) is 3. The molecule has 13 heavy (non-hydrogen) atoms. The lowest BCUT2D eigenvalue weighted by molar-refractivity contribution is -0.108. The first-order valence-electron chi connectivity index (χ1n) is 3.66. The van der Waals surface area contributed by atoms with Crippen LogP contribution >= 0.6 is 11.6 Å². The van der Waals surface area contributed by atoms with Crippen molar-refractivity contribution in [2.24, 2.45) is 5.73 Å². The Morgan fingerprint density at radius 1 is 1.38 bits per heavy atom. The Hall–Kier alpha value is -1.19. The topological polar surface area (TPSA) is 60.2 Å². The SMILES string of the molecule is N[C@@H](C=O)C(=O)c1ccc(Cl)cc1. The van der Waals surface area contributed by atoms with E-state index in [-0.39, 0.29) is 0 Å². The zero-order chi connectivity index (χ0) is 9.84. The third-order valence-corrected chi connectivity index (χ3v) is 1.83. The van der Waals surface area contributed by atoms with Gasteiger partial charge in [-0.1, -0.05) is 11.6 Å². The Balaban J connectivity index is 2.89. The van der Waals surface area contributed by atoms with Crippen LogP contribution < -0.4 is 5.73 Å². The standard InChI is InChI=1S/C9H8ClNO2/c10-7-3-1-6(2-4-7)9(13)8(11)5-12/h1-5,8H,11H2/t8-/m0/s1. The van der Waals surface area contributed by atoms with E-state index in [1.165, 1.54) is 12.1 Å². The third-order valence-electron chi connectivity index (χ3n) is 1.58. The number of ketones is 1. The van der Waals surface area contributed by atoms with E-state index in [0.717, 1.165) is 0 Å². The van der Waals surface area contributed by atoms with Crippen molar-refractivity contribution in [2.75, 3.05) is 0 Å². The van der Waals surface area contributed by atoms with Crippen molar-refractivity contribution in [3.05, 3.63) is 34.9 Å². The van der Waals surface area contributed by atoms with Gasteiger partial charge in [-0.2, -0.15) is 0 Å². The van der Waals surface area contributed by atoms with Crippen LogP contribution in [0.5, 0.6) is 0 Å². The maximum atomic E-state index is 11.3. The molecule has 0 spiro atoms. The van der Waals surface area contributed by atoms with Crippen LogP contribution in [-0.2, 0) is 4.79 Å². The number of rotatable bonds is 3. The fourth-order valence-corrected chi connectivity index (χ4v) is 0.994. The van der Waals surface area contributed by atoms with Gasteiger partial charge in [0.25, 0.3) is 0 Å². The fourth-order valence-electron chi connectivity index (χ4n) is 0.868. The molecule has 0 aromatic heterocycles. The zero-order valence-corrected chi connectivity index (χ0v) is 7.49. The van der Waals surface area contributed by atoms with Crippen LogP contribution in [-0.4, -0.2) is 18.1 Å². The van der Waals surface area contributed by atoms with Crippen molar-refractivity contribution >= 4 is 23.7 Å². The van der Waals surface area contributed by atoms with Crippen LogP contribution in [0, 0.1) is 0 Å². The lowest BCUT2D eigenvalue weighted by Crippen LogP contribution is -2.31. The molecule has 0 aliphatic carbocycles. The molecule has 0 bridgehead atoms. The molecule has 2 N–H and O–H groups in total. The molecule has 0 fully saturated rings. The minimum Gasteiger partial charge on any atom is -0.315 e. The molecule has 0 aliphatic heterocycles. The minimum atomic E-state index is -1.08. The highest BCUT2D eigenvalue weighted by Crippen LogP contribution is 2.10. The van der Waals surface area contributed by atoms with Crippen LogP contribution in [0.15, 0.2) is 24.3 Å². The molecule has 68 valence electrons. The molecule has 1 aromatic rings. The predicted octanol–water partition coefficient (Wildman–Crippen LogP) is 1.05.